The first-order chi connectivity index (χ1) is 9.78. The van der Waals surface area contributed by atoms with Gasteiger partial charge in [-0.25, -0.2) is 0 Å². The van der Waals surface area contributed by atoms with Crippen LogP contribution in [0.4, 0.5) is 0 Å². The fraction of sp³-hybridized carbons (Fsp3) is 0.368. The Bertz CT molecular complexity index is 544. The SMILES string of the molecule is Cc1ccc(CC(CBr)C2CC2c2ccccc2)cc1. The summed E-state index contributed by atoms with van der Waals surface area (Å²) in [4.78, 5) is 0. The van der Waals surface area contributed by atoms with E-state index in [4.69, 9.17) is 0 Å². The molecule has 0 saturated heterocycles. The number of rotatable bonds is 5. The maximum absolute atomic E-state index is 3.73. The molecule has 0 amide bonds. The summed E-state index contributed by atoms with van der Waals surface area (Å²) in [5.41, 5.74) is 4.34. The van der Waals surface area contributed by atoms with E-state index in [-0.39, 0.29) is 0 Å². The highest BCUT2D eigenvalue weighted by molar-refractivity contribution is 9.09. The summed E-state index contributed by atoms with van der Waals surface area (Å²) < 4.78 is 0. The molecule has 1 heteroatoms. The van der Waals surface area contributed by atoms with E-state index in [1.54, 1.807) is 0 Å². The summed E-state index contributed by atoms with van der Waals surface area (Å²) in [5, 5.41) is 1.11. The lowest BCUT2D eigenvalue weighted by molar-refractivity contribution is 0.507. The van der Waals surface area contributed by atoms with Crippen molar-refractivity contribution in [2.45, 2.75) is 25.7 Å². The Morgan fingerprint density at radius 3 is 2.40 bits per heavy atom. The molecule has 2 aromatic rings. The normalized spacial score (nSPS) is 22.5. The first-order valence-corrected chi connectivity index (χ1v) is 8.56. The van der Waals surface area contributed by atoms with Crippen LogP contribution in [0.1, 0.15) is 29.0 Å². The second kappa shape index (κ2) is 6.13. The molecule has 1 aliphatic rings. The van der Waals surface area contributed by atoms with Crippen molar-refractivity contribution < 1.29 is 0 Å². The minimum atomic E-state index is 0.753. The van der Waals surface area contributed by atoms with Gasteiger partial charge in [0.05, 0.1) is 0 Å². The standard InChI is InChI=1S/C19H21Br/c1-14-7-9-15(10-8-14)11-17(13-20)19-12-18(19)16-5-3-2-4-6-16/h2-10,17-19H,11-13H2,1H3. The monoisotopic (exact) mass is 328 g/mol. The highest BCUT2D eigenvalue weighted by Crippen LogP contribution is 2.52. The fourth-order valence-electron chi connectivity index (χ4n) is 3.17. The van der Waals surface area contributed by atoms with Gasteiger partial charge in [0, 0.05) is 5.33 Å². The Morgan fingerprint density at radius 1 is 1.05 bits per heavy atom. The lowest BCUT2D eigenvalue weighted by Gasteiger charge is -2.14. The Hall–Kier alpha value is -1.08. The third-order valence-electron chi connectivity index (χ3n) is 4.49. The minimum Gasteiger partial charge on any atom is -0.0925 e. The van der Waals surface area contributed by atoms with Crippen LogP contribution < -0.4 is 0 Å². The summed E-state index contributed by atoms with van der Waals surface area (Å²) in [7, 11) is 0. The molecule has 0 N–H and O–H groups in total. The third-order valence-corrected chi connectivity index (χ3v) is 5.32. The summed E-state index contributed by atoms with van der Waals surface area (Å²) in [5.74, 6) is 2.38. The van der Waals surface area contributed by atoms with Crippen LogP contribution in [0.25, 0.3) is 0 Å². The molecular formula is C19H21Br. The van der Waals surface area contributed by atoms with E-state index in [0.29, 0.717) is 0 Å². The smallest absolute Gasteiger partial charge is 0.00657 e. The second-order valence-electron chi connectivity index (χ2n) is 6.02. The highest BCUT2D eigenvalue weighted by Gasteiger charge is 2.42. The van der Waals surface area contributed by atoms with Gasteiger partial charge < -0.3 is 0 Å². The molecule has 3 atom stereocenters. The lowest BCUT2D eigenvalue weighted by Crippen LogP contribution is -2.10. The molecule has 3 unspecified atom stereocenters. The molecule has 0 radical (unpaired) electrons. The summed E-state index contributed by atoms with van der Waals surface area (Å²) >= 11 is 3.73. The van der Waals surface area contributed by atoms with Crippen LogP contribution in [0.5, 0.6) is 0 Å². The van der Waals surface area contributed by atoms with Gasteiger partial charge in [-0.05, 0) is 48.6 Å². The molecule has 1 aliphatic carbocycles. The van der Waals surface area contributed by atoms with Gasteiger partial charge in [-0.3, -0.25) is 0 Å². The van der Waals surface area contributed by atoms with E-state index < -0.39 is 0 Å². The van der Waals surface area contributed by atoms with Crippen LogP contribution >= 0.6 is 15.9 Å². The van der Waals surface area contributed by atoms with Crippen molar-refractivity contribution in [2.24, 2.45) is 11.8 Å². The number of hydrogen-bond donors (Lipinski definition) is 0. The van der Waals surface area contributed by atoms with Gasteiger partial charge >= 0.3 is 0 Å². The molecule has 104 valence electrons. The van der Waals surface area contributed by atoms with Crippen LogP contribution in [0.2, 0.25) is 0 Å². The maximum Gasteiger partial charge on any atom is 0.00657 e. The van der Waals surface area contributed by atoms with Gasteiger partial charge in [0.2, 0.25) is 0 Å². The number of aryl methyl sites for hydroxylation is 1. The summed E-state index contributed by atoms with van der Waals surface area (Å²) in [6.07, 6.45) is 2.55. The Balaban J connectivity index is 1.65. The van der Waals surface area contributed by atoms with Crippen molar-refractivity contribution in [3.63, 3.8) is 0 Å². The van der Waals surface area contributed by atoms with Crippen LogP contribution in [0.3, 0.4) is 0 Å². The van der Waals surface area contributed by atoms with Gasteiger partial charge in [-0.2, -0.15) is 0 Å². The number of benzene rings is 2. The largest absolute Gasteiger partial charge is 0.0925 e. The zero-order chi connectivity index (χ0) is 13.9. The average Bonchev–Trinajstić information content (AvgIpc) is 3.28. The number of alkyl halides is 1. The Morgan fingerprint density at radius 2 is 1.75 bits per heavy atom. The summed E-state index contributed by atoms with van der Waals surface area (Å²) in [6.45, 7) is 2.15. The lowest BCUT2D eigenvalue weighted by atomic mass is 9.93. The van der Waals surface area contributed by atoms with Crippen molar-refractivity contribution in [1.29, 1.82) is 0 Å². The van der Waals surface area contributed by atoms with E-state index in [1.807, 2.05) is 0 Å². The molecule has 0 aromatic heterocycles. The molecule has 20 heavy (non-hydrogen) atoms. The first-order valence-electron chi connectivity index (χ1n) is 7.44. The van der Waals surface area contributed by atoms with Gasteiger partial charge in [-0.1, -0.05) is 76.1 Å². The maximum atomic E-state index is 3.73. The van der Waals surface area contributed by atoms with E-state index in [1.165, 1.54) is 29.5 Å². The summed E-state index contributed by atoms with van der Waals surface area (Å²) in [6, 6.07) is 20.0. The van der Waals surface area contributed by atoms with Crippen LogP contribution in [0, 0.1) is 18.8 Å². The molecule has 0 heterocycles. The second-order valence-corrected chi connectivity index (χ2v) is 6.67. The van der Waals surface area contributed by atoms with Crippen molar-refractivity contribution >= 4 is 15.9 Å². The molecular weight excluding hydrogens is 308 g/mol. The molecule has 0 bridgehead atoms. The molecule has 2 aromatic carbocycles. The van der Waals surface area contributed by atoms with Crippen molar-refractivity contribution in [3.05, 3.63) is 71.3 Å². The van der Waals surface area contributed by atoms with Crippen molar-refractivity contribution in [3.8, 4) is 0 Å². The predicted octanol–water partition coefficient (Wildman–Crippen LogP) is 5.35. The zero-order valence-electron chi connectivity index (χ0n) is 11.9. The van der Waals surface area contributed by atoms with Gasteiger partial charge in [0.15, 0.2) is 0 Å². The Labute approximate surface area is 130 Å². The number of hydrogen-bond acceptors (Lipinski definition) is 0. The molecule has 0 aliphatic heterocycles. The zero-order valence-corrected chi connectivity index (χ0v) is 13.5. The van der Waals surface area contributed by atoms with Gasteiger partial charge in [0.25, 0.3) is 0 Å². The first kappa shape index (κ1) is 13.9. The van der Waals surface area contributed by atoms with E-state index >= 15 is 0 Å². The fourth-order valence-corrected chi connectivity index (χ4v) is 3.88. The topological polar surface area (TPSA) is 0 Å². The number of halogens is 1. The van der Waals surface area contributed by atoms with Gasteiger partial charge in [-0.15, -0.1) is 0 Å². The Kier molecular flexibility index (Phi) is 4.26. The highest BCUT2D eigenvalue weighted by atomic mass is 79.9. The van der Waals surface area contributed by atoms with E-state index in [2.05, 4.69) is 77.5 Å². The van der Waals surface area contributed by atoms with Crippen molar-refractivity contribution in [1.82, 2.24) is 0 Å². The average molecular weight is 329 g/mol. The minimum absolute atomic E-state index is 0.753. The van der Waals surface area contributed by atoms with Crippen LogP contribution in [0.15, 0.2) is 54.6 Å². The van der Waals surface area contributed by atoms with E-state index in [9.17, 15) is 0 Å². The van der Waals surface area contributed by atoms with Crippen LogP contribution in [-0.2, 0) is 6.42 Å². The molecule has 0 spiro atoms. The molecule has 1 fully saturated rings. The third kappa shape index (κ3) is 3.15. The van der Waals surface area contributed by atoms with Crippen LogP contribution in [-0.4, -0.2) is 5.33 Å². The van der Waals surface area contributed by atoms with E-state index in [0.717, 1.165) is 23.1 Å². The molecule has 1 saturated carbocycles. The molecule has 3 rings (SSSR count). The molecule has 0 nitrogen and oxygen atoms in total. The van der Waals surface area contributed by atoms with Gasteiger partial charge in [0.1, 0.15) is 0 Å². The van der Waals surface area contributed by atoms with Crippen molar-refractivity contribution in [2.75, 3.05) is 5.33 Å². The predicted molar refractivity (Wildman–Crippen MR) is 89.5 cm³/mol. The quantitative estimate of drug-likeness (QED) is 0.649.